The van der Waals surface area contributed by atoms with E-state index in [1.54, 1.807) is 0 Å². The normalized spacial score (nSPS) is 15.8. The molecule has 3 nitrogen and oxygen atoms in total. The van der Waals surface area contributed by atoms with E-state index in [1.165, 1.54) is 6.42 Å². The quantitative estimate of drug-likeness (QED) is 0.558. The molecule has 0 N–H and O–H groups in total. The maximum absolute atomic E-state index is 12.6. The van der Waals surface area contributed by atoms with Gasteiger partial charge in [-0.3, -0.25) is 9.78 Å². The molecule has 0 saturated heterocycles. The van der Waals surface area contributed by atoms with Crippen LogP contribution in [0.5, 0.6) is 5.75 Å². The van der Waals surface area contributed by atoms with Gasteiger partial charge in [-0.25, -0.2) is 0 Å². The van der Waals surface area contributed by atoms with Crippen molar-refractivity contribution in [3.05, 3.63) is 60.3 Å². The zero-order valence-electron chi connectivity index (χ0n) is 14.9. The molecule has 0 bridgehead atoms. The standard InChI is InChI=1S/C23H23NO2/c25-21-11-4-2-1-3-5-15-26-22-16-18(12-13-20(21)22)19-10-6-8-17-9-7-14-24-23(17)19/h6-10,12-14,16H,1-5,11,15H2. The van der Waals surface area contributed by atoms with E-state index in [-0.39, 0.29) is 5.78 Å². The Morgan fingerprint density at radius 3 is 2.65 bits per heavy atom. The molecule has 0 amide bonds. The first-order valence-corrected chi connectivity index (χ1v) is 9.47. The Balaban J connectivity index is 1.77. The summed E-state index contributed by atoms with van der Waals surface area (Å²) in [5.74, 6) is 0.895. The summed E-state index contributed by atoms with van der Waals surface area (Å²) in [6.45, 7) is 0.664. The highest BCUT2D eigenvalue weighted by molar-refractivity contribution is 6.00. The zero-order valence-corrected chi connectivity index (χ0v) is 14.9. The number of rotatable bonds is 1. The Morgan fingerprint density at radius 1 is 0.846 bits per heavy atom. The van der Waals surface area contributed by atoms with E-state index < -0.39 is 0 Å². The van der Waals surface area contributed by atoms with E-state index in [0.717, 1.165) is 47.7 Å². The summed E-state index contributed by atoms with van der Waals surface area (Å²) in [5, 5.41) is 1.11. The fourth-order valence-corrected chi connectivity index (χ4v) is 3.61. The smallest absolute Gasteiger partial charge is 0.166 e. The maximum Gasteiger partial charge on any atom is 0.166 e. The van der Waals surface area contributed by atoms with Gasteiger partial charge in [0.1, 0.15) is 5.75 Å². The zero-order chi connectivity index (χ0) is 17.8. The van der Waals surface area contributed by atoms with E-state index >= 15 is 0 Å². The Bertz CT molecular complexity index is 927. The van der Waals surface area contributed by atoms with Crippen LogP contribution in [0.2, 0.25) is 0 Å². The molecule has 0 radical (unpaired) electrons. The van der Waals surface area contributed by atoms with E-state index in [9.17, 15) is 4.79 Å². The second-order valence-electron chi connectivity index (χ2n) is 6.88. The van der Waals surface area contributed by atoms with Gasteiger partial charge in [-0.15, -0.1) is 0 Å². The number of ketones is 1. The van der Waals surface area contributed by atoms with Crippen LogP contribution in [0, 0.1) is 0 Å². The number of nitrogens with zero attached hydrogens (tertiary/aromatic N) is 1. The van der Waals surface area contributed by atoms with Crippen molar-refractivity contribution in [3.8, 4) is 16.9 Å². The van der Waals surface area contributed by atoms with Crippen LogP contribution in [0.4, 0.5) is 0 Å². The van der Waals surface area contributed by atoms with Crippen LogP contribution in [0.3, 0.4) is 0 Å². The van der Waals surface area contributed by atoms with Crippen molar-refractivity contribution in [3.63, 3.8) is 0 Å². The van der Waals surface area contributed by atoms with E-state index in [2.05, 4.69) is 23.2 Å². The minimum atomic E-state index is 0.185. The number of carbonyl (C=O) groups is 1. The predicted molar refractivity (Wildman–Crippen MR) is 105 cm³/mol. The lowest BCUT2D eigenvalue weighted by Crippen LogP contribution is -2.05. The number of benzene rings is 2. The molecule has 26 heavy (non-hydrogen) atoms. The van der Waals surface area contributed by atoms with Gasteiger partial charge in [-0.05, 0) is 36.6 Å². The number of Topliss-reactive ketones (excluding diaryl/α,β-unsaturated/α-hetero) is 1. The number of pyridine rings is 1. The third-order valence-electron chi connectivity index (χ3n) is 5.03. The minimum Gasteiger partial charge on any atom is -0.493 e. The average molecular weight is 345 g/mol. The molecule has 0 fully saturated rings. The Morgan fingerprint density at radius 2 is 1.69 bits per heavy atom. The van der Waals surface area contributed by atoms with E-state index in [4.69, 9.17) is 4.74 Å². The van der Waals surface area contributed by atoms with Crippen LogP contribution in [0.1, 0.15) is 48.9 Å². The molecule has 0 spiro atoms. The lowest BCUT2D eigenvalue weighted by atomic mass is 9.97. The van der Waals surface area contributed by atoms with Gasteiger partial charge >= 0.3 is 0 Å². The fourth-order valence-electron chi connectivity index (χ4n) is 3.61. The molecule has 2 heterocycles. The van der Waals surface area contributed by atoms with Gasteiger partial charge in [0.25, 0.3) is 0 Å². The lowest BCUT2D eigenvalue weighted by Gasteiger charge is -2.13. The topological polar surface area (TPSA) is 39.2 Å². The Kier molecular flexibility index (Phi) is 4.96. The number of fused-ring (bicyclic) bond motifs is 2. The van der Waals surface area contributed by atoms with Crippen molar-refractivity contribution >= 4 is 16.7 Å². The summed E-state index contributed by atoms with van der Waals surface area (Å²) in [5.41, 5.74) is 3.79. The average Bonchev–Trinajstić information content (AvgIpc) is 2.72. The predicted octanol–water partition coefficient (Wildman–Crippen LogP) is 5.82. The second-order valence-corrected chi connectivity index (χ2v) is 6.88. The maximum atomic E-state index is 12.6. The molecule has 4 rings (SSSR count). The molecule has 0 aliphatic carbocycles. The van der Waals surface area contributed by atoms with Crippen molar-refractivity contribution in [1.82, 2.24) is 4.98 Å². The molecule has 3 aromatic rings. The molecular weight excluding hydrogens is 322 g/mol. The first kappa shape index (κ1) is 16.8. The van der Waals surface area contributed by atoms with Gasteiger partial charge < -0.3 is 4.74 Å². The molecule has 0 saturated carbocycles. The van der Waals surface area contributed by atoms with Crippen LogP contribution < -0.4 is 4.74 Å². The third-order valence-corrected chi connectivity index (χ3v) is 5.03. The first-order valence-electron chi connectivity index (χ1n) is 9.47. The van der Waals surface area contributed by atoms with Crippen LogP contribution in [0.25, 0.3) is 22.0 Å². The molecule has 3 heteroatoms. The molecule has 0 unspecified atom stereocenters. The largest absolute Gasteiger partial charge is 0.493 e. The number of ether oxygens (including phenoxy) is 1. The molecule has 132 valence electrons. The summed E-state index contributed by atoms with van der Waals surface area (Å²) in [6.07, 6.45) is 7.89. The summed E-state index contributed by atoms with van der Waals surface area (Å²) < 4.78 is 6.02. The highest BCUT2D eigenvalue weighted by Gasteiger charge is 2.16. The third kappa shape index (κ3) is 3.48. The number of hydrogen-bond donors (Lipinski definition) is 0. The van der Waals surface area contributed by atoms with Crippen LogP contribution in [-0.2, 0) is 0 Å². The highest BCUT2D eigenvalue weighted by atomic mass is 16.5. The SMILES string of the molecule is O=C1CCCCCCCOc2cc(-c3cccc4cccnc34)ccc21. The van der Waals surface area contributed by atoms with Gasteiger partial charge in [0, 0.05) is 23.6 Å². The van der Waals surface area contributed by atoms with Gasteiger partial charge in [-0.2, -0.15) is 0 Å². The molecule has 1 aliphatic rings. The molecular formula is C23H23NO2. The van der Waals surface area contributed by atoms with Crippen molar-refractivity contribution in [2.75, 3.05) is 6.61 Å². The van der Waals surface area contributed by atoms with Gasteiger partial charge in [-0.1, -0.05) is 49.6 Å². The molecule has 0 atom stereocenters. The fraction of sp³-hybridized carbons (Fsp3) is 0.304. The Labute approximate surface area is 154 Å². The van der Waals surface area contributed by atoms with Gasteiger partial charge in [0.15, 0.2) is 5.78 Å². The second kappa shape index (κ2) is 7.69. The van der Waals surface area contributed by atoms with Gasteiger partial charge in [0.2, 0.25) is 0 Å². The monoisotopic (exact) mass is 345 g/mol. The summed E-state index contributed by atoms with van der Waals surface area (Å²) in [6, 6.07) is 16.1. The summed E-state index contributed by atoms with van der Waals surface area (Å²) >= 11 is 0. The number of aromatic nitrogens is 1. The highest BCUT2D eigenvalue weighted by Crippen LogP contribution is 2.32. The minimum absolute atomic E-state index is 0.185. The van der Waals surface area contributed by atoms with Gasteiger partial charge in [0.05, 0.1) is 17.7 Å². The molecule has 1 aliphatic heterocycles. The van der Waals surface area contributed by atoms with E-state index in [0.29, 0.717) is 24.3 Å². The van der Waals surface area contributed by atoms with Crippen LogP contribution in [-0.4, -0.2) is 17.4 Å². The van der Waals surface area contributed by atoms with E-state index in [1.807, 2.05) is 36.5 Å². The van der Waals surface area contributed by atoms with Crippen molar-refractivity contribution in [2.45, 2.75) is 38.5 Å². The number of hydrogen-bond acceptors (Lipinski definition) is 3. The van der Waals surface area contributed by atoms with Crippen LogP contribution >= 0.6 is 0 Å². The summed E-state index contributed by atoms with van der Waals surface area (Å²) in [7, 11) is 0. The lowest BCUT2D eigenvalue weighted by molar-refractivity contribution is 0.0976. The Hall–Kier alpha value is -2.68. The number of carbonyl (C=O) groups excluding carboxylic acids is 1. The molecule has 2 aromatic carbocycles. The van der Waals surface area contributed by atoms with Crippen molar-refractivity contribution < 1.29 is 9.53 Å². The first-order chi connectivity index (χ1) is 12.8. The summed E-state index contributed by atoms with van der Waals surface area (Å²) in [4.78, 5) is 17.2. The van der Waals surface area contributed by atoms with Crippen LogP contribution in [0.15, 0.2) is 54.7 Å². The number of para-hydroxylation sites is 1. The van der Waals surface area contributed by atoms with Crippen molar-refractivity contribution in [1.29, 1.82) is 0 Å². The van der Waals surface area contributed by atoms with Crippen molar-refractivity contribution in [2.24, 2.45) is 0 Å². The molecule has 1 aromatic heterocycles.